The Morgan fingerprint density at radius 2 is 2.04 bits per heavy atom. The highest BCUT2D eigenvalue weighted by Crippen LogP contribution is 2.25. The van der Waals surface area contributed by atoms with E-state index in [9.17, 15) is 9.59 Å². The standard InChI is InChI=1S/C20H22N2O3/c1-15-6-4-7-16(14-15)25-13-11-21-20(24)17-8-2-3-9-18(17)22-12-5-10-19(22)23/h2-4,6-9,14H,5,10-13H2,1H3,(H,21,24). The number of nitrogens with one attached hydrogen (secondary N) is 1. The minimum absolute atomic E-state index is 0.0723. The van der Waals surface area contributed by atoms with Gasteiger partial charge in [-0.15, -0.1) is 0 Å². The Morgan fingerprint density at radius 1 is 1.20 bits per heavy atom. The monoisotopic (exact) mass is 338 g/mol. The number of benzene rings is 2. The molecule has 3 rings (SSSR count). The second kappa shape index (κ2) is 7.83. The molecule has 0 aromatic heterocycles. The molecule has 2 aromatic rings. The summed E-state index contributed by atoms with van der Waals surface area (Å²) in [5.74, 6) is 0.670. The lowest BCUT2D eigenvalue weighted by molar-refractivity contribution is -0.117. The number of anilines is 1. The fourth-order valence-electron chi connectivity index (χ4n) is 2.94. The van der Waals surface area contributed by atoms with Crippen LogP contribution in [-0.2, 0) is 4.79 Å². The third-order valence-electron chi connectivity index (χ3n) is 4.16. The van der Waals surface area contributed by atoms with Gasteiger partial charge in [-0.05, 0) is 43.2 Å². The van der Waals surface area contributed by atoms with Gasteiger partial charge in [0.2, 0.25) is 5.91 Å². The van der Waals surface area contributed by atoms with Crippen molar-refractivity contribution in [1.29, 1.82) is 0 Å². The second-order valence-electron chi connectivity index (χ2n) is 6.09. The SMILES string of the molecule is Cc1cccc(OCCNC(=O)c2ccccc2N2CCCC2=O)c1. The van der Waals surface area contributed by atoms with E-state index in [1.807, 2.05) is 49.4 Å². The third kappa shape index (κ3) is 4.18. The number of hydrogen-bond donors (Lipinski definition) is 1. The number of rotatable bonds is 6. The van der Waals surface area contributed by atoms with Crippen molar-refractivity contribution in [3.8, 4) is 5.75 Å². The predicted molar refractivity (Wildman–Crippen MR) is 97.0 cm³/mol. The van der Waals surface area contributed by atoms with E-state index in [4.69, 9.17) is 4.74 Å². The third-order valence-corrected chi connectivity index (χ3v) is 4.16. The lowest BCUT2D eigenvalue weighted by Crippen LogP contribution is -2.31. The largest absolute Gasteiger partial charge is 0.492 e. The van der Waals surface area contributed by atoms with Crippen molar-refractivity contribution in [3.63, 3.8) is 0 Å². The highest BCUT2D eigenvalue weighted by atomic mass is 16.5. The summed E-state index contributed by atoms with van der Waals surface area (Å²) in [6.45, 7) is 3.46. The average molecular weight is 338 g/mol. The van der Waals surface area contributed by atoms with Crippen molar-refractivity contribution < 1.29 is 14.3 Å². The normalized spacial score (nSPS) is 13.8. The fraction of sp³-hybridized carbons (Fsp3) is 0.300. The van der Waals surface area contributed by atoms with Gasteiger partial charge in [0.05, 0.1) is 17.8 Å². The molecular weight excluding hydrogens is 316 g/mol. The van der Waals surface area contributed by atoms with Gasteiger partial charge in [0.25, 0.3) is 5.91 Å². The molecule has 2 amide bonds. The van der Waals surface area contributed by atoms with Gasteiger partial charge in [-0.1, -0.05) is 24.3 Å². The number of para-hydroxylation sites is 1. The van der Waals surface area contributed by atoms with E-state index in [1.165, 1.54) is 0 Å². The number of ether oxygens (including phenoxy) is 1. The van der Waals surface area contributed by atoms with Crippen LogP contribution in [0.3, 0.4) is 0 Å². The van der Waals surface area contributed by atoms with Crippen LogP contribution in [0.25, 0.3) is 0 Å². The molecule has 5 heteroatoms. The first-order chi connectivity index (χ1) is 12.1. The van der Waals surface area contributed by atoms with Crippen molar-refractivity contribution in [1.82, 2.24) is 5.32 Å². The first kappa shape index (κ1) is 17.0. The number of hydrogen-bond acceptors (Lipinski definition) is 3. The molecule has 0 atom stereocenters. The van der Waals surface area contributed by atoms with E-state index in [0.717, 1.165) is 17.7 Å². The molecular formula is C20H22N2O3. The van der Waals surface area contributed by atoms with Crippen LogP contribution in [-0.4, -0.2) is 31.5 Å². The predicted octanol–water partition coefficient (Wildman–Crippen LogP) is 2.93. The van der Waals surface area contributed by atoms with E-state index >= 15 is 0 Å². The first-order valence-corrected chi connectivity index (χ1v) is 8.52. The Morgan fingerprint density at radius 3 is 2.80 bits per heavy atom. The maximum Gasteiger partial charge on any atom is 0.253 e. The van der Waals surface area contributed by atoms with Crippen LogP contribution in [0, 0.1) is 6.92 Å². The zero-order valence-corrected chi connectivity index (χ0v) is 14.3. The van der Waals surface area contributed by atoms with Crippen molar-refractivity contribution in [2.75, 3.05) is 24.6 Å². The van der Waals surface area contributed by atoms with Crippen LogP contribution >= 0.6 is 0 Å². The molecule has 1 fully saturated rings. The van der Waals surface area contributed by atoms with Gasteiger partial charge in [0.1, 0.15) is 12.4 Å². The molecule has 0 bridgehead atoms. The van der Waals surface area contributed by atoms with E-state index < -0.39 is 0 Å². The topological polar surface area (TPSA) is 58.6 Å². The van der Waals surface area contributed by atoms with Crippen LogP contribution in [0.5, 0.6) is 5.75 Å². The molecule has 1 heterocycles. The molecule has 130 valence electrons. The minimum atomic E-state index is -0.192. The summed E-state index contributed by atoms with van der Waals surface area (Å²) >= 11 is 0. The highest BCUT2D eigenvalue weighted by Gasteiger charge is 2.25. The van der Waals surface area contributed by atoms with Gasteiger partial charge in [0.15, 0.2) is 0 Å². The number of carbonyl (C=O) groups is 2. The quantitative estimate of drug-likeness (QED) is 0.824. The van der Waals surface area contributed by atoms with Crippen LogP contribution in [0.15, 0.2) is 48.5 Å². The van der Waals surface area contributed by atoms with E-state index in [1.54, 1.807) is 11.0 Å². The van der Waals surface area contributed by atoms with Gasteiger partial charge in [-0.2, -0.15) is 0 Å². The highest BCUT2D eigenvalue weighted by molar-refractivity contribution is 6.05. The molecule has 0 unspecified atom stereocenters. The van der Waals surface area contributed by atoms with Gasteiger partial charge >= 0.3 is 0 Å². The molecule has 0 spiro atoms. The van der Waals surface area contributed by atoms with Crippen molar-refractivity contribution >= 4 is 17.5 Å². The van der Waals surface area contributed by atoms with Gasteiger partial charge in [0, 0.05) is 13.0 Å². The maximum absolute atomic E-state index is 12.5. The van der Waals surface area contributed by atoms with Crippen molar-refractivity contribution in [3.05, 3.63) is 59.7 Å². The van der Waals surface area contributed by atoms with Crippen LogP contribution in [0.1, 0.15) is 28.8 Å². The molecule has 1 aliphatic rings. The van der Waals surface area contributed by atoms with Crippen LogP contribution in [0.4, 0.5) is 5.69 Å². The van der Waals surface area contributed by atoms with Gasteiger partial charge in [-0.3, -0.25) is 9.59 Å². The first-order valence-electron chi connectivity index (χ1n) is 8.52. The number of nitrogens with zero attached hydrogens (tertiary/aromatic N) is 1. The number of amides is 2. The zero-order chi connectivity index (χ0) is 17.6. The fourth-order valence-corrected chi connectivity index (χ4v) is 2.94. The maximum atomic E-state index is 12.5. The smallest absolute Gasteiger partial charge is 0.253 e. The molecule has 1 aliphatic heterocycles. The molecule has 1 saturated heterocycles. The summed E-state index contributed by atoms with van der Waals surface area (Å²) in [6.07, 6.45) is 1.37. The van der Waals surface area contributed by atoms with Gasteiger partial charge < -0.3 is 15.0 Å². The Hall–Kier alpha value is -2.82. The molecule has 5 nitrogen and oxygen atoms in total. The lowest BCUT2D eigenvalue weighted by Gasteiger charge is -2.19. The Kier molecular flexibility index (Phi) is 5.33. The van der Waals surface area contributed by atoms with E-state index in [2.05, 4.69) is 5.32 Å². The van der Waals surface area contributed by atoms with Crippen LogP contribution in [0.2, 0.25) is 0 Å². The summed E-state index contributed by atoms with van der Waals surface area (Å²) in [6, 6.07) is 15.0. The summed E-state index contributed by atoms with van der Waals surface area (Å²) < 4.78 is 5.64. The summed E-state index contributed by atoms with van der Waals surface area (Å²) in [5, 5.41) is 2.86. The molecule has 1 N–H and O–H groups in total. The van der Waals surface area contributed by atoms with E-state index in [-0.39, 0.29) is 11.8 Å². The lowest BCUT2D eigenvalue weighted by atomic mass is 10.1. The minimum Gasteiger partial charge on any atom is -0.492 e. The van der Waals surface area contributed by atoms with Crippen molar-refractivity contribution in [2.24, 2.45) is 0 Å². The summed E-state index contributed by atoms with van der Waals surface area (Å²) in [7, 11) is 0. The van der Waals surface area contributed by atoms with Crippen molar-refractivity contribution in [2.45, 2.75) is 19.8 Å². The average Bonchev–Trinajstić information content (AvgIpc) is 3.04. The zero-order valence-electron chi connectivity index (χ0n) is 14.3. The second-order valence-corrected chi connectivity index (χ2v) is 6.09. The number of aryl methyl sites for hydroxylation is 1. The molecule has 0 radical (unpaired) electrons. The molecule has 0 aliphatic carbocycles. The summed E-state index contributed by atoms with van der Waals surface area (Å²) in [5.41, 5.74) is 2.33. The Bertz CT molecular complexity index is 773. The Balaban J connectivity index is 1.57. The molecule has 25 heavy (non-hydrogen) atoms. The van der Waals surface area contributed by atoms with Gasteiger partial charge in [-0.25, -0.2) is 0 Å². The number of carbonyl (C=O) groups excluding carboxylic acids is 2. The Labute approximate surface area is 147 Å². The van der Waals surface area contributed by atoms with Crippen LogP contribution < -0.4 is 15.0 Å². The molecule has 0 saturated carbocycles. The summed E-state index contributed by atoms with van der Waals surface area (Å²) in [4.78, 5) is 26.2. The molecule has 2 aromatic carbocycles. The van der Waals surface area contributed by atoms with E-state index in [0.29, 0.717) is 37.4 Å².